The number of thiol groups is 1. The van der Waals surface area contributed by atoms with Gasteiger partial charge in [0.25, 0.3) is 0 Å². The summed E-state index contributed by atoms with van der Waals surface area (Å²) >= 11 is 3.73. The lowest BCUT2D eigenvalue weighted by atomic mass is 9.90. The Balaban J connectivity index is 4.80. The summed E-state index contributed by atoms with van der Waals surface area (Å²) in [6, 6.07) is 0. The van der Waals surface area contributed by atoms with Gasteiger partial charge in [0.15, 0.2) is 11.3 Å². The van der Waals surface area contributed by atoms with Crippen molar-refractivity contribution in [3.63, 3.8) is 0 Å². The van der Waals surface area contributed by atoms with E-state index in [0.29, 0.717) is 0 Å². The number of carboxylic acid groups (broad SMARTS) is 2. The second-order valence-corrected chi connectivity index (χ2v) is 3.19. The van der Waals surface area contributed by atoms with Gasteiger partial charge in [0.05, 0.1) is 6.42 Å². The first-order valence-electron chi connectivity index (χ1n) is 3.73. The van der Waals surface area contributed by atoms with Crippen molar-refractivity contribution in [2.24, 2.45) is 5.73 Å². The van der Waals surface area contributed by atoms with Gasteiger partial charge in [0, 0.05) is 6.42 Å². The van der Waals surface area contributed by atoms with Crippen LogP contribution >= 0.6 is 12.6 Å². The van der Waals surface area contributed by atoms with E-state index in [1.807, 2.05) is 0 Å². The maximum absolute atomic E-state index is 11.2. The minimum Gasteiger partial charge on any atom is -0.481 e. The van der Waals surface area contributed by atoms with Gasteiger partial charge in [-0.05, 0) is 5.75 Å². The summed E-state index contributed by atoms with van der Waals surface area (Å²) in [4.78, 5) is 32.2. The van der Waals surface area contributed by atoms with E-state index in [0.717, 1.165) is 0 Å². The molecule has 0 aromatic rings. The molecule has 0 saturated heterocycles. The Kier molecular flexibility index (Phi) is 4.58. The molecular formula is C7H11NO5S. The van der Waals surface area contributed by atoms with Crippen LogP contribution in [0.25, 0.3) is 0 Å². The lowest BCUT2D eigenvalue weighted by molar-refractivity contribution is -0.154. The summed E-state index contributed by atoms with van der Waals surface area (Å²) in [6.45, 7) is 0. The van der Waals surface area contributed by atoms with Crippen LogP contribution in [0, 0.1) is 0 Å². The van der Waals surface area contributed by atoms with Crippen LogP contribution in [-0.2, 0) is 14.4 Å². The van der Waals surface area contributed by atoms with E-state index in [2.05, 4.69) is 12.6 Å². The highest BCUT2D eigenvalue weighted by Crippen LogP contribution is 2.11. The maximum atomic E-state index is 11.2. The van der Waals surface area contributed by atoms with E-state index in [-0.39, 0.29) is 12.2 Å². The Labute approximate surface area is 85.5 Å². The molecule has 4 N–H and O–H groups in total. The molecule has 0 fully saturated rings. The van der Waals surface area contributed by atoms with Crippen molar-refractivity contribution >= 4 is 30.4 Å². The number of hydrogen-bond acceptors (Lipinski definition) is 5. The van der Waals surface area contributed by atoms with Crippen LogP contribution in [0.2, 0.25) is 0 Å². The summed E-state index contributed by atoms with van der Waals surface area (Å²) in [5, 5.41) is 17.0. The first-order valence-corrected chi connectivity index (χ1v) is 4.36. The van der Waals surface area contributed by atoms with Gasteiger partial charge >= 0.3 is 11.9 Å². The van der Waals surface area contributed by atoms with E-state index in [9.17, 15) is 14.4 Å². The number of rotatable bonds is 6. The molecule has 0 unspecified atom stereocenters. The molecule has 7 heteroatoms. The summed E-state index contributed by atoms with van der Waals surface area (Å²) in [7, 11) is 0. The third-order valence-electron chi connectivity index (χ3n) is 1.65. The number of carbonyl (C=O) groups excluding carboxylic acids is 1. The van der Waals surface area contributed by atoms with Crippen LogP contribution < -0.4 is 5.73 Å². The van der Waals surface area contributed by atoms with E-state index < -0.39 is 29.7 Å². The molecule has 6 nitrogen and oxygen atoms in total. The van der Waals surface area contributed by atoms with Crippen molar-refractivity contribution in [1.29, 1.82) is 0 Å². The molecule has 0 amide bonds. The molecule has 0 bridgehead atoms. The zero-order valence-corrected chi connectivity index (χ0v) is 8.16. The maximum Gasteiger partial charge on any atom is 0.332 e. The average molecular weight is 221 g/mol. The molecule has 0 rings (SSSR count). The van der Waals surface area contributed by atoms with Crippen LogP contribution in [0.3, 0.4) is 0 Å². The Morgan fingerprint density at radius 2 is 1.79 bits per heavy atom. The standard InChI is InChI=1S/C7H11NO5S/c8-7(6(12)13,3-5(10)11)4(9)1-2-14/h14H,1-3,8H2,(H,10,11)(H,12,13)/t7-/m1/s1. The third-order valence-corrected chi connectivity index (χ3v) is 1.87. The van der Waals surface area contributed by atoms with Crippen LogP contribution in [-0.4, -0.2) is 39.2 Å². The Bertz CT molecular complexity index is 267. The molecule has 1 atom stereocenters. The highest BCUT2D eigenvalue weighted by atomic mass is 32.1. The van der Waals surface area contributed by atoms with Crippen molar-refractivity contribution in [2.45, 2.75) is 18.4 Å². The highest BCUT2D eigenvalue weighted by Gasteiger charge is 2.43. The molecule has 0 aromatic heterocycles. The van der Waals surface area contributed by atoms with Gasteiger partial charge in [-0.1, -0.05) is 0 Å². The number of ketones is 1. The van der Waals surface area contributed by atoms with E-state index in [1.165, 1.54) is 0 Å². The topological polar surface area (TPSA) is 118 Å². The molecule has 0 heterocycles. The number of nitrogens with two attached hydrogens (primary N) is 1. The zero-order valence-electron chi connectivity index (χ0n) is 7.27. The third kappa shape index (κ3) is 3.00. The first kappa shape index (κ1) is 12.9. The number of carboxylic acids is 2. The SMILES string of the molecule is N[C@@](CC(=O)O)(C(=O)O)C(=O)CCS. The molecule has 0 aliphatic rings. The van der Waals surface area contributed by atoms with Crippen molar-refractivity contribution in [1.82, 2.24) is 0 Å². The minimum absolute atomic E-state index is 0.130. The molecule has 0 aromatic carbocycles. The van der Waals surface area contributed by atoms with Crippen LogP contribution in [0.4, 0.5) is 0 Å². The first-order chi connectivity index (χ1) is 6.34. The molecular weight excluding hydrogens is 210 g/mol. The smallest absolute Gasteiger partial charge is 0.332 e. The fraction of sp³-hybridized carbons (Fsp3) is 0.571. The second kappa shape index (κ2) is 4.97. The largest absolute Gasteiger partial charge is 0.481 e. The molecule has 0 spiro atoms. The Morgan fingerprint density at radius 3 is 2.07 bits per heavy atom. The molecule has 0 radical (unpaired) electrons. The lowest BCUT2D eigenvalue weighted by Crippen LogP contribution is -2.56. The van der Waals surface area contributed by atoms with Crippen molar-refractivity contribution < 1.29 is 24.6 Å². The highest BCUT2D eigenvalue weighted by molar-refractivity contribution is 7.80. The lowest BCUT2D eigenvalue weighted by Gasteiger charge is -2.20. The normalized spacial score (nSPS) is 14.4. The number of Topliss-reactive ketones (excluding diaryl/α,β-unsaturated/α-hetero) is 1. The van der Waals surface area contributed by atoms with Crippen LogP contribution in [0.1, 0.15) is 12.8 Å². The van der Waals surface area contributed by atoms with E-state index in [1.54, 1.807) is 0 Å². The van der Waals surface area contributed by atoms with E-state index >= 15 is 0 Å². The van der Waals surface area contributed by atoms with Crippen molar-refractivity contribution in [3.8, 4) is 0 Å². The fourth-order valence-corrected chi connectivity index (χ4v) is 1.06. The summed E-state index contributed by atoms with van der Waals surface area (Å²) in [6.07, 6.45) is -1.09. The second-order valence-electron chi connectivity index (χ2n) is 2.74. The summed E-state index contributed by atoms with van der Waals surface area (Å²) in [5.41, 5.74) is 2.87. The van der Waals surface area contributed by atoms with Crippen molar-refractivity contribution in [3.05, 3.63) is 0 Å². The number of aliphatic carboxylic acids is 2. The van der Waals surface area contributed by atoms with Crippen LogP contribution in [0.15, 0.2) is 0 Å². The Morgan fingerprint density at radius 1 is 1.29 bits per heavy atom. The van der Waals surface area contributed by atoms with Gasteiger partial charge in [-0.25, -0.2) is 4.79 Å². The van der Waals surface area contributed by atoms with Gasteiger partial charge in [-0.2, -0.15) is 12.6 Å². The number of carbonyl (C=O) groups is 3. The number of hydrogen-bond donors (Lipinski definition) is 4. The quantitative estimate of drug-likeness (QED) is 0.342. The van der Waals surface area contributed by atoms with Gasteiger partial charge < -0.3 is 15.9 Å². The van der Waals surface area contributed by atoms with Gasteiger partial charge in [0.2, 0.25) is 0 Å². The molecule has 80 valence electrons. The fourth-order valence-electron chi connectivity index (χ4n) is 0.857. The van der Waals surface area contributed by atoms with E-state index in [4.69, 9.17) is 15.9 Å². The zero-order chi connectivity index (χ0) is 11.4. The van der Waals surface area contributed by atoms with Crippen molar-refractivity contribution in [2.75, 3.05) is 5.75 Å². The minimum atomic E-state index is -2.34. The monoisotopic (exact) mass is 221 g/mol. The van der Waals surface area contributed by atoms with Gasteiger partial charge in [-0.15, -0.1) is 0 Å². The van der Waals surface area contributed by atoms with Crippen LogP contribution in [0.5, 0.6) is 0 Å². The molecule has 0 saturated carbocycles. The molecule has 0 aliphatic heterocycles. The summed E-state index contributed by atoms with van der Waals surface area (Å²) in [5.74, 6) is -3.76. The molecule has 14 heavy (non-hydrogen) atoms. The Hall–Kier alpha value is -1.08. The summed E-state index contributed by atoms with van der Waals surface area (Å²) < 4.78 is 0. The van der Waals surface area contributed by atoms with Gasteiger partial charge in [0.1, 0.15) is 0 Å². The molecule has 0 aliphatic carbocycles. The predicted octanol–water partition coefficient (Wildman–Crippen LogP) is -0.868. The predicted molar refractivity (Wildman–Crippen MR) is 50.3 cm³/mol. The average Bonchev–Trinajstić information content (AvgIpc) is 2.02. The van der Waals surface area contributed by atoms with Gasteiger partial charge in [-0.3, -0.25) is 9.59 Å².